The molecule has 2 fully saturated rings. The fraction of sp³-hybridized carbons (Fsp3) is 0.562. The van der Waals surface area contributed by atoms with E-state index < -0.39 is 0 Å². The first kappa shape index (κ1) is 14.9. The molecular weight excluding hydrogens is 332 g/mol. The number of ether oxygens (including phenoxy) is 1. The number of fused-ring (bicyclic) bond motifs is 2. The van der Waals surface area contributed by atoms with E-state index in [0.29, 0.717) is 25.1 Å². The summed E-state index contributed by atoms with van der Waals surface area (Å²) < 4.78 is 6.64. The van der Waals surface area contributed by atoms with E-state index in [4.69, 9.17) is 4.74 Å². The van der Waals surface area contributed by atoms with E-state index in [-0.39, 0.29) is 5.91 Å². The number of nitrogens with zero attached hydrogens (tertiary/aromatic N) is 1. The number of halogens is 1. The van der Waals surface area contributed by atoms with Gasteiger partial charge in [-0.3, -0.25) is 4.79 Å². The van der Waals surface area contributed by atoms with Gasteiger partial charge in [0.1, 0.15) is 5.75 Å². The molecule has 2 heterocycles. The third kappa shape index (κ3) is 3.98. The molecule has 1 N–H and O–H groups in total. The van der Waals surface area contributed by atoms with Gasteiger partial charge < -0.3 is 15.0 Å². The molecule has 21 heavy (non-hydrogen) atoms. The summed E-state index contributed by atoms with van der Waals surface area (Å²) in [6.45, 7) is 2.17. The van der Waals surface area contributed by atoms with Crippen molar-refractivity contribution in [3.8, 4) is 5.75 Å². The van der Waals surface area contributed by atoms with Gasteiger partial charge in [0.15, 0.2) is 0 Å². The lowest BCUT2D eigenvalue weighted by atomic mass is 10.1. The van der Waals surface area contributed by atoms with Crippen LogP contribution in [0.25, 0.3) is 0 Å². The standard InChI is InChI=1S/C16H21BrN2O2/c17-12-2-1-3-15(10-12)21-9-7-16(20)19-8-6-13-4-5-14(11-19)18-13/h1-3,10,13-14,18H,4-9,11H2. The van der Waals surface area contributed by atoms with E-state index in [2.05, 4.69) is 21.2 Å². The van der Waals surface area contributed by atoms with Crippen molar-refractivity contribution in [2.45, 2.75) is 37.8 Å². The predicted octanol–water partition coefficient (Wildman–Crippen LogP) is 2.57. The van der Waals surface area contributed by atoms with E-state index in [1.165, 1.54) is 12.8 Å². The fourth-order valence-corrected chi connectivity index (χ4v) is 3.52. The van der Waals surface area contributed by atoms with E-state index in [1.54, 1.807) is 0 Å². The van der Waals surface area contributed by atoms with Crippen molar-refractivity contribution >= 4 is 21.8 Å². The van der Waals surface area contributed by atoms with Crippen LogP contribution >= 0.6 is 15.9 Å². The van der Waals surface area contributed by atoms with Crippen LogP contribution in [0.15, 0.2) is 28.7 Å². The second kappa shape index (κ2) is 6.79. The van der Waals surface area contributed by atoms with Gasteiger partial charge in [-0.25, -0.2) is 0 Å². The summed E-state index contributed by atoms with van der Waals surface area (Å²) in [6.07, 6.45) is 3.99. The number of likely N-dealkylation sites (tertiary alicyclic amines) is 1. The highest BCUT2D eigenvalue weighted by molar-refractivity contribution is 9.10. The first-order valence-corrected chi connectivity index (χ1v) is 8.42. The smallest absolute Gasteiger partial charge is 0.226 e. The summed E-state index contributed by atoms with van der Waals surface area (Å²) in [6, 6.07) is 8.82. The number of hydrogen-bond acceptors (Lipinski definition) is 3. The van der Waals surface area contributed by atoms with Crippen LogP contribution in [0.1, 0.15) is 25.7 Å². The van der Waals surface area contributed by atoms with Crippen molar-refractivity contribution < 1.29 is 9.53 Å². The van der Waals surface area contributed by atoms with Gasteiger partial charge >= 0.3 is 0 Å². The predicted molar refractivity (Wildman–Crippen MR) is 85.4 cm³/mol. The number of carbonyl (C=O) groups excluding carboxylic acids is 1. The Bertz CT molecular complexity index is 509. The molecule has 1 amide bonds. The summed E-state index contributed by atoms with van der Waals surface area (Å²) in [7, 11) is 0. The van der Waals surface area contributed by atoms with Crippen LogP contribution in [0.4, 0.5) is 0 Å². The first-order chi connectivity index (χ1) is 10.2. The van der Waals surface area contributed by atoms with Crippen molar-refractivity contribution in [2.75, 3.05) is 19.7 Å². The number of carbonyl (C=O) groups is 1. The Hall–Kier alpha value is -1.07. The van der Waals surface area contributed by atoms with Crippen LogP contribution in [0.3, 0.4) is 0 Å². The number of amides is 1. The monoisotopic (exact) mass is 352 g/mol. The highest BCUT2D eigenvalue weighted by atomic mass is 79.9. The molecule has 0 radical (unpaired) electrons. The van der Waals surface area contributed by atoms with Gasteiger partial charge in [0.2, 0.25) is 5.91 Å². The van der Waals surface area contributed by atoms with Gasteiger partial charge in [-0.1, -0.05) is 22.0 Å². The minimum Gasteiger partial charge on any atom is -0.493 e. The van der Waals surface area contributed by atoms with Crippen molar-refractivity contribution in [1.29, 1.82) is 0 Å². The van der Waals surface area contributed by atoms with Crippen molar-refractivity contribution in [3.05, 3.63) is 28.7 Å². The lowest BCUT2D eigenvalue weighted by molar-refractivity contribution is -0.131. The molecule has 0 saturated carbocycles. The molecule has 0 aromatic heterocycles. The van der Waals surface area contributed by atoms with E-state index in [1.807, 2.05) is 29.2 Å². The molecule has 2 unspecified atom stereocenters. The summed E-state index contributed by atoms with van der Waals surface area (Å²) in [5, 5.41) is 3.60. The highest BCUT2D eigenvalue weighted by Crippen LogP contribution is 2.21. The van der Waals surface area contributed by atoms with Crippen LogP contribution in [-0.4, -0.2) is 42.6 Å². The zero-order valence-electron chi connectivity index (χ0n) is 12.1. The Morgan fingerprint density at radius 1 is 1.33 bits per heavy atom. The quantitative estimate of drug-likeness (QED) is 0.905. The van der Waals surface area contributed by atoms with Gasteiger partial charge in [0, 0.05) is 29.6 Å². The molecule has 3 rings (SSSR count). The average molecular weight is 353 g/mol. The second-order valence-electron chi connectivity index (χ2n) is 5.82. The van der Waals surface area contributed by atoms with Crippen LogP contribution in [-0.2, 0) is 4.79 Å². The van der Waals surface area contributed by atoms with Gasteiger partial charge in [-0.2, -0.15) is 0 Å². The molecule has 2 atom stereocenters. The second-order valence-corrected chi connectivity index (χ2v) is 6.74. The minimum absolute atomic E-state index is 0.208. The van der Waals surface area contributed by atoms with Crippen LogP contribution < -0.4 is 10.1 Å². The summed E-state index contributed by atoms with van der Waals surface area (Å²) >= 11 is 3.41. The minimum atomic E-state index is 0.208. The topological polar surface area (TPSA) is 41.6 Å². The van der Waals surface area contributed by atoms with Crippen molar-refractivity contribution in [2.24, 2.45) is 0 Å². The Morgan fingerprint density at radius 3 is 3.05 bits per heavy atom. The summed E-state index contributed by atoms with van der Waals surface area (Å²) in [5.74, 6) is 1.01. The zero-order valence-corrected chi connectivity index (χ0v) is 13.6. The summed E-state index contributed by atoms with van der Waals surface area (Å²) in [5.41, 5.74) is 0. The van der Waals surface area contributed by atoms with E-state index in [9.17, 15) is 4.79 Å². The Balaban J connectivity index is 1.45. The largest absolute Gasteiger partial charge is 0.493 e. The number of rotatable bonds is 4. The van der Waals surface area contributed by atoms with Gasteiger partial charge in [-0.05, 0) is 37.5 Å². The van der Waals surface area contributed by atoms with Crippen LogP contribution in [0.5, 0.6) is 5.75 Å². The normalized spacial score (nSPS) is 24.7. The van der Waals surface area contributed by atoms with Crippen LogP contribution in [0, 0.1) is 0 Å². The van der Waals surface area contributed by atoms with Crippen molar-refractivity contribution in [3.63, 3.8) is 0 Å². The lowest BCUT2D eigenvalue weighted by Gasteiger charge is -2.24. The Kier molecular flexibility index (Phi) is 4.80. The highest BCUT2D eigenvalue weighted by Gasteiger charge is 2.30. The van der Waals surface area contributed by atoms with E-state index in [0.717, 1.165) is 29.7 Å². The Labute approximate surface area is 134 Å². The molecular formula is C16H21BrN2O2. The van der Waals surface area contributed by atoms with Gasteiger partial charge in [0.25, 0.3) is 0 Å². The van der Waals surface area contributed by atoms with Crippen molar-refractivity contribution in [1.82, 2.24) is 10.2 Å². The summed E-state index contributed by atoms with van der Waals surface area (Å²) in [4.78, 5) is 14.3. The van der Waals surface area contributed by atoms with Gasteiger partial charge in [0.05, 0.1) is 13.0 Å². The SMILES string of the molecule is O=C(CCOc1cccc(Br)c1)N1CCC2CCC(C1)N2. The molecule has 2 aliphatic heterocycles. The molecule has 5 heteroatoms. The van der Waals surface area contributed by atoms with Crippen LogP contribution in [0.2, 0.25) is 0 Å². The third-order valence-corrected chi connectivity index (χ3v) is 4.75. The zero-order chi connectivity index (χ0) is 14.7. The molecule has 0 spiro atoms. The molecule has 114 valence electrons. The maximum absolute atomic E-state index is 12.3. The molecule has 2 saturated heterocycles. The Morgan fingerprint density at radius 2 is 2.19 bits per heavy atom. The number of nitrogens with one attached hydrogen (secondary N) is 1. The number of benzene rings is 1. The maximum atomic E-state index is 12.3. The molecule has 1 aromatic carbocycles. The first-order valence-electron chi connectivity index (χ1n) is 7.63. The maximum Gasteiger partial charge on any atom is 0.226 e. The number of hydrogen-bond donors (Lipinski definition) is 1. The molecule has 0 aliphatic carbocycles. The lowest BCUT2D eigenvalue weighted by Crippen LogP contribution is -2.39. The molecule has 1 aromatic rings. The van der Waals surface area contributed by atoms with E-state index >= 15 is 0 Å². The average Bonchev–Trinajstić information content (AvgIpc) is 2.78. The molecule has 4 nitrogen and oxygen atoms in total. The molecule has 2 aliphatic rings. The third-order valence-electron chi connectivity index (χ3n) is 4.26. The fourth-order valence-electron chi connectivity index (χ4n) is 3.14. The van der Waals surface area contributed by atoms with Gasteiger partial charge in [-0.15, -0.1) is 0 Å². The molecule has 2 bridgehead atoms.